The summed E-state index contributed by atoms with van der Waals surface area (Å²) >= 11 is 6.08. The summed E-state index contributed by atoms with van der Waals surface area (Å²) in [7, 11) is 0. The Labute approximate surface area is 142 Å². The quantitative estimate of drug-likeness (QED) is 0.919. The third kappa shape index (κ3) is 3.23. The van der Waals surface area contributed by atoms with Gasteiger partial charge in [-0.25, -0.2) is 8.78 Å². The first-order valence-electron chi connectivity index (χ1n) is 7.26. The first kappa shape index (κ1) is 16.4. The predicted octanol–water partition coefficient (Wildman–Crippen LogP) is 3.61. The van der Waals surface area contributed by atoms with Gasteiger partial charge < -0.3 is 10.2 Å². The molecule has 0 spiro atoms. The number of nitrogens with zero attached hydrogens (tertiary/aromatic N) is 1. The molecule has 1 atom stereocenters. The van der Waals surface area contributed by atoms with E-state index >= 15 is 0 Å². The van der Waals surface area contributed by atoms with Crippen molar-refractivity contribution in [3.8, 4) is 0 Å². The Kier molecular flexibility index (Phi) is 4.49. The van der Waals surface area contributed by atoms with Crippen LogP contribution >= 0.6 is 11.6 Å². The molecule has 2 aromatic rings. The van der Waals surface area contributed by atoms with Crippen LogP contribution in [0.3, 0.4) is 0 Å². The van der Waals surface area contributed by atoms with Crippen molar-refractivity contribution in [1.29, 1.82) is 0 Å². The number of para-hydroxylation sites is 1. The van der Waals surface area contributed by atoms with E-state index in [0.29, 0.717) is 16.8 Å². The zero-order valence-corrected chi connectivity index (χ0v) is 13.2. The Balaban J connectivity index is 1.73. The second kappa shape index (κ2) is 6.57. The minimum Gasteiger partial charge on any atom is -0.323 e. The van der Waals surface area contributed by atoms with E-state index in [9.17, 15) is 18.4 Å². The number of hydrogen-bond donors (Lipinski definition) is 1. The van der Waals surface area contributed by atoms with Crippen LogP contribution in [0.5, 0.6) is 0 Å². The van der Waals surface area contributed by atoms with Gasteiger partial charge in [0, 0.05) is 19.0 Å². The molecule has 1 heterocycles. The second-order valence-corrected chi connectivity index (χ2v) is 5.88. The molecular weight excluding hydrogens is 338 g/mol. The van der Waals surface area contributed by atoms with Crippen LogP contribution in [0.1, 0.15) is 6.42 Å². The van der Waals surface area contributed by atoms with E-state index in [1.54, 1.807) is 24.3 Å². The average molecular weight is 351 g/mol. The Morgan fingerprint density at radius 1 is 1.21 bits per heavy atom. The summed E-state index contributed by atoms with van der Waals surface area (Å²) in [4.78, 5) is 25.9. The molecule has 0 radical (unpaired) electrons. The van der Waals surface area contributed by atoms with Gasteiger partial charge in [-0.1, -0.05) is 23.7 Å². The van der Waals surface area contributed by atoms with E-state index in [-0.39, 0.29) is 24.6 Å². The van der Waals surface area contributed by atoms with E-state index in [0.717, 1.165) is 12.1 Å². The molecule has 7 heteroatoms. The molecule has 1 saturated heterocycles. The lowest BCUT2D eigenvalue weighted by molar-refractivity contribution is -0.122. The summed E-state index contributed by atoms with van der Waals surface area (Å²) in [6, 6.07) is 9.72. The number of halogens is 3. The third-order valence-corrected chi connectivity index (χ3v) is 4.15. The van der Waals surface area contributed by atoms with Gasteiger partial charge in [0.2, 0.25) is 11.8 Å². The fourth-order valence-electron chi connectivity index (χ4n) is 2.61. The highest BCUT2D eigenvalue weighted by molar-refractivity contribution is 6.33. The fourth-order valence-corrected chi connectivity index (χ4v) is 2.85. The number of carbonyl (C=O) groups excluding carboxylic acids is 2. The van der Waals surface area contributed by atoms with Crippen molar-refractivity contribution >= 4 is 34.8 Å². The number of hydrogen-bond acceptors (Lipinski definition) is 2. The highest BCUT2D eigenvalue weighted by Crippen LogP contribution is 2.31. The van der Waals surface area contributed by atoms with Crippen molar-refractivity contribution in [2.75, 3.05) is 16.8 Å². The number of benzene rings is 2. The summed E-state index contributed by atoms with van der Waals surface area (Å²) in [5.74, 6) is -2.97. The average Bonchev–Trinajstić information content (AvgIpc) is 2.92. The molecule has 0 aromatic heterocycles. The van der Waals surface area contributed by atoms with Gasteiger partial charge in [-0.05, 0) is 24.3 Å². The largest absolute Gasteiger partial charge is 0.323 e. The van der Waals surface area contributed by atoms with Crippen LogP contribution in [0.25, 0.3) is 0 Å². The van der Waals surface area contributed by atoms with Gasteiger partial charge in [0.15, 0.2) is 0 Å². The topological polar surface area (TPSA) is 49.4 Å². The maximum atomic E-state index is 13.6. The lowest BCUT2D eigenvalue weighted by atomic mass is 10.1. The van der Waals surface area contributed by atoms with E-state index < -0.39 is 23.5 Å². The van der Waals surface area contributed by atoms with Crippen molar-refractivity contribution in [1.82, 2.24) is 0 Å². The molecule has 2 aromatic carbocycles. The molecule has 0 saturated carbocycles. The summed E-state index contributed by atoms with van der Waals surface area (Å²) in [5, 5.41) is 2.81. The molecule has 24 heavy (non-hydrogen) atoms. The fraction of sp³-hybridized carbons (Fsp3) is 0.176. The minimum absolute atomic E-state index is 0.000129. The SMILES string of the molecule is O=C(Nc1ccc(F)cc1F)C1CC(=O)N(c2ccccc2Cl)C1. The normalized spacial score (nSPS) is 17.2. The van der Waals surface area contributed by atoms with Gasteiger partial charge in [0.05, 0.1) is 22.3 Å². The number of anilines is 2. The van der Waals surface area contributed by atoms with E-state index in [1.165, 1.54) is 4.90 Å². The molecule has 124 valence electrons. The molecule has 1 fully saturated rings. The maximum absolute atomic E-state index is 13.6. The van der Waals surface area contributed by atoms with Crippen molar-refractivity contribution in [3.63, 3.8) is 0 Å². The molecule has 0 aliphatic carbocycles. The van der Waals surface area contributed by atoms with Crippen LogP contribution in [0.15, 0.2) is 42.5 Å². The predicted molar refractivity (Wildman–Crippen MR) is 86.9 cm³/mol. The smallest absolute Gasteiger partial charge is 0.229 e. The van der Waals surface area contributed by atoms with Gasteiger partial charge in [-0.2, -0.15) is 0 Å². The molecule has 1 aliphatic rings. The van der Waals surface area contributed by atoms with Crippen molar-refractivity contribution in [2.45, 2.75) is 6.42 Å². The monoisotopic (exact) mass is 350 g/mol. The molecule has 1 N–H and O–H groups in total. The van der Waals surface area contributed by atoms with E-state index in [1.807, 2.05) is 0 Å². The number of nitrogens with one attached hydrogen (secondary N) is 1. The van der Waals surface area contributed by atoms with Gasteiger partial charge in [-0.3, -0.25) is 9.59 Å². The van der Waals surface area contributed by atoms with Crippen LogP contribution < -0.4 is 10.2 Å². The van der Waals surface area contributed by atoms with Gasteiger partial charge >= 0.3 is 0 Å². The first-order chi connectivity index (χ1) is 11.5. The van der Waals surface area contributed by atoms with Gasteiger partial charge in [0.25, 0.3) is 0 Å². The molecule has 1 aliphatic heterocycles. The summed E-state index contributed by atoms with van der Waals surface area (Å²) < 4.78 is 26.5. The lowest BCUT2D eigenvalue weighted by Crippen LogP contribution is -2.28. The Bertz CT molecular complexity index is 813. The van der Waals surface area contributed by atoms with Crippen LogP contribution in [0.4, 0.5) is 20.2 Å². The Morgan fingerprint density at radius 3 is 2.67 bits per heavy atom. The van der Waals surface area contributed by atoms with Crippen LogP contribution in [0, 0.1) is 17.6 Å². The molecule has 1 unspecified atom stereocenters. The van der Waals surface area contributed by atoms with Crippen molar-refractivity contribution in [2.24, 2.45) is 5.92 Å². The summed E-state index contributed by atoms with van der Waals surface area (Å²) in [6.07, 6.45) is -0.000129. The Morgan fingerprint density at radius 2 is 1.96 bits per heavy atom. The van der Waals surface area contributed by atoms with Crippen LogP contribution in [0.2, 0.25) is 5.02 Å². The first-order valence-corrected chi connectivity index (χ1v) is 7.64. The number of amides is 2. The van der Waals surface area contributed by atoms with Crippen LogP contribution in [-0.4, -0.2) is 18.4 Å². The lowest BCUT2D eigenvalue weighted by Gasteiger charge is -2.18. The van der Waals surface area contributed by atoms with E-state index in [2.05, 4.69) is 5.32 Å². The van der Waals surface area contributed by atoms with Crippen molar-refractivity contribution in [3.05, 3.63) is 59.1 Å². The van der Waals surface area contributed by atoms with Gasteiger partial charge in [0.1, 0.15) is 11.6 Å². The maximum Gasteiger partial charge on any atom is 0.229 e. The molecule has 4 nitrogen and oxygen atoms in total. The standard InChI is InChI=1S/C17H13ClF2N2O2/c18-12-3-1-2-4-15(12)22-9-10(7-16(22)23)17(24)21-14-6-5-11(19)8-13(14)20/h1-6,8,10H,7,9H2,(H,21,24). The van der Waals surface area contributed by atoms with Crippen molar-refractivity contribution < 1.29 is 18.4 Å². The Hall–Kier alpha value is -2.47. The zero-order valence-electron chi connectivity index (χ0n) is 12.4. The van der Waals surface area contributed by atoms with Crippen LogP contribution in [-0.2, 0) is 9.59 Å². The summed E-state index contributed by atoms with van der Waals surface area (Å²) in [6.45, 7) is 0.150. The summed E-state index contributed by atoms with van der Waals surface area (Å²) in [5.41, 5.74) is 0.414. The minimum atomic E-state index is -0.865. The highest BCUT2D eigenvalue weighted by Gasteiger charge is 2.36. The van der Waals surface area contributed by atoms with E-state index in [4.69, 9.17) is 11.6 Å². The molecule has 3 rings (SSSR count). The number of rotatable bonds is 3. The third-order valence-electron chi connectivity index (χ3n) is 3.83. The zero-order chi connectivity index (χ0) is 17.3. The van der Waals surface area contributed by atoms with Gasteiger partial charge in [-0.15, -0.1) is 0 Å². The highest BCUT2D eigenvalue weighted by atomic mass is 35.5. The molecule has 2 amide bonds. The molecule has 0 bridgehead atoms. The second-order valence-electron chi connectivity index (χ2n) is 5.47. The molecular formula is C17H13ClF2N2O2. The number of carbonyl (C=O) groups is 2.